The Morgan fingerprint density at radius 2 is 2.31 bits per heavy atom. The molecule has 0 aliphatic heterocycles. The van der Waals surface area contributed by atoms with Crippen LogP contribution >= 0.6 is 0 Å². The van der Waals surface area contributed by atoms with Crippen LogP contribution in [0.3, 0.4) is 0 Å². The molecule has 0 aromatic carbocycles. The molecule has 2 heterocycles. The summed E-state index contributed by atoms with van der Waals surface area (Å²) >= 11 is 0. The Bertz CT molecular complexity index is 496. The van der Waals surface area contributed by atoms with Crippen molar-refractivity contribution in [2.24, 2.45) is 7.05 Å². The van der Waals surface area contributed by atoms with Gasteiger partial charge in [0.1, 0.15) is 0 Å². The van der Waals surface area contributed by atoms with Gasteiger partial charge in [-0.2, -0.15) is 4.52 Å². The summed E-state index contributed by atoms with van der Waals surface area (Å²) in [6.07, 6.45) is 2.43. The third-order valence-electron chi connectivity index (χ3n) is 1.92. The quantitative estimate of drug-likeness (QED) is 0.617. The lowest BCUT2D eigenvalue weighted by atomic mass is 10.5. The van der Waals surface area contributed by atoms with E-state index in [1.165, 1.54) is 9.08 Å². The second-order valence-corrected chi connectivity index (χ2v) is 2.86. The van der Waals surface area contributed by atoms with Crippen LogP contribution in [-0.4, -0.2) is 19.2 Å². The standard InChI is InChI=1S/C8H10N4O/c1-3-6-9-7-4-5-11(2)8(13)12(7)10-6/h4-5H,3H2,1-2H3. The summed E-state index contributed by atoms with van der Waals surface area (Å²) in [4.78, 5) is 15.7. The van der Waals surface area contributed by atoms with Gasteiger partial charge in [0, 0.05) is 19.7 Å². The molecule has 0 bridgehead atoms. The molecule has 0 fully saturated rings. The molecule has 0 amide bonds. The predicted molar refractivity (Wildman–Crippen MR) is 47.6 cm³/mol. The molecule has 2 aromatic heterocycles. The molecular formula is C8H10N4O. The van der Waals surface area contributed by atoms with Crippen molar-refractivity contribution in [2.75, 3.05) is 0 Å². The van der Waals surface area contributed by atoms with E-state index >= 15 is 0 Å². The Kier molecular flexibility index (Phi) is 1.65. The third-order valence-corrected chi connectivity index (χ3v) is 1.92. The molecule has 0 saturated heterocycles. The van der Waals surface area contributed by atoms with Gasteiger partial charge in [0.25, 0.3) is 0 Å². The molecule has 0 spiro atoms. The van der Waals surface area contributed by atoms with Gasteiger partial charge < -0.3 is 4.57 Å². The summed E-state index contributed by atoms with van der Waals surface area (Å²) in [5.41, 5.74) is 0.449. The van der Waals surface area contributed by atoms with Gasteiger partial charge in [-0.3, -0.25) is 0 Å². The average molecular weight is 178 g/mol. The highest BCUT2D eigenvalue weighted by Gasteiger charge is 2.04. The maximum atomic E-state index is 11.5. The van der Waals surface area contributed by atoms with E-state index in [4.69, 9.17) is 0 Å². The van der Waals surface area contributed by atoms with Crippen LogP contribution in [0.1, 0.15) is 12.7 Å². The Morgan fingerprint density at radius 1 is 1.54 bits per heavy atom. The van der Waals surface area contributed by atoms with E-state index < -0.39 is 0 Å². The van der Waals surface area contributed by atoms with Gasteiger partial charge in [-0.25, -0.2) is 9.78 Å². The zero-order valence-electron chi connectivity index (χ0n) is 7.56. The lowest BCUT2D eigenvalue weighted by Crippen LogP contribution is -2.24. The predicted octanol–water partition coefficient (Wildman–Crippen LogP) is -0.00960. The smallest absolute Gasteiger partial charge is 0.302 e. The van der Waals surface area contributed by atoms with Gasteiger partial charge in [-0.1, -0.05) is 6.92 Å². The van der Waals surface area contributed by atoms with Gasteiger partial charge >= 0.3 is 5.69 Å². The zero-order chi connectivity index (χ0) is 9.42. The minimum atomic E-state index is -0.162. The van der Waals surface area contributed by atoms with Crippen molar-refractivity contribution in [3.8, 4) is 0 Å². The van der Waals surface area contributed by atoms with E-state index in [1.807, 2.05) is 6.92 Å². The minimum Gasteiger partial charge on any atom is -0.302 e. The SMILES string of the molecule is CCc1nc2ccn(C)c(=O)n2n1. The molecular weight excluding hydrogens is 168 g/mol. The Labute approximate surface area is 74.6 Å². The Balaban J connectivity index is 2.84. The lowest BCUT2D eigenvalue weighted by Gasteiger charge is -1.94. The molecule has 0 aliphatic carbocycles. The van der Waals surface area contributed by atoms with Crippen LogP contribution in [0.15, 0.2) is 17.1 Å². The summed E-state index contributed by atoms with van der Waals surface area (Å²) < 4.78 is 2.79. The highest BCUT2D eigenvalue weighted by molar-refractivity contribution is 5.34. The van der Waals surface area contributed by atoms with E-state index in [1.54, 1.807) is 19.3 Å². The molecule has 5 heteroatoms. The monoisotopic (exact) mass is 178 g/mol. The van der Waals surface area contributed by atoms with Crippen LogP contribution in [0.25, 0.3) is 5.65 Å². The van der Waals surface area contributed by atoms with Gasteiger partial charge in [-0.05, 0) is 6.07 Å². The fourth-order valence-electron chi connectivity index (χ4n) is 1.16. The first kappa shape index (κ1) is 7.97. The van der Waals surface area contributed by atoms with Crippen molar-refractivity contribution >= 4 is 5.65 Å². The maximum absolute atomic E-state index is 11.5. The van der Waals surface area contributed by atoms with Crippen LogP contribution in [0.4, 0.5) is 0 Å². The van der Waals surface area contributed by atoms with Crippen molar-refractivity contribution in [2.45, 2.75) is 13.3 Å². The minimum absolute atomic E-state index is 0.162. The molecule has 2 aromatic rings. The fraction of sp³-hybridized carbons (Fsp3) is 0.375. The Hall–Kier alpha value is -1.65. The van der Waals surface area contributed by atoms with Crippen molar-refractivity contribution in [3.63, 3.8) is 0 Å². The van der Waals surface area contributed by atoms with E-state index in [9.17, 15) is 4.79 Å². The number of aromatic nitrogens is 4. The zero-order valence-corrected chi connectivity index (χ0v) is 7.56. The number of fused-ring (bicyclic) bond motifs is 1. The average Bonchev–Trinajstić information content (AvgIpc) is 2.55. The first-order valence-electron chi connectivity index (χ1n) is 4.13. The summed E-state index contributed by atoms with van der Waals surface area (Å²) in [6, 6.07) is 1.77. The van der Waals surface area contributed by atoms with Crippen LogP contribution in [0.5, 0.6) is 0 Å². The third kappa shape index (κ3) is 1.12. The highest BCUT2D eigenvalue weighted by atomic mass is 16.1. The maximum Gasteiger partial charge on any atom is 0.350 e. The largest absolute Gasteiger partial charge is 0.350 e. The second-order valence-electron chi connectivity index (χ2n) is 2.86. The van der Waals surface area contributed by atoms with E-state index in [-0.39, 0.29) is 5.69 Å². The molecule has 5 nitrogen and oxygen atoms in total. The van der Waals surface area contributed by atoms with Crippen LogP contribution in [-0.2, 0) is 13.5 Å². The molecule has 0 unspecified atom stereocenters. The van der Waals surface area contributed by atoms with Crippen molar-refractivity contribution in [3.05, 3.63) is 28.6 Å². The lowest BCUT2D eigenvalue weighted by molar-refractivity contribution is 0.734. The Morgan fingerprint density at radius 3 is 3.00 bits per heavy atom. The number of hydrogen-bond acceptors (Lipinski definition) is 3. The van der Waals surface area contributed by atoms with Crippen LogP contribution < -0.4 is 5.69 Å². The summed E-state index contributed by atoms with van der Waals surface area (Å²) in [5.74, 6) is 0.698. The van der Waals surface area contributed by atoms with E-state index in [0.29, 0.717) is 11.5 Å². The normalized spacial score (nSPS) is 10.9. The van der Waals surface area contributed by atoms with Crippen LogP contribution in [0.2, 0.25) is 0 Å². The van der Waals surface area contributed by atoms with Gasteiger partial charge in [0.15, 0.2) is 11.5 Å². The van der Waals surface area contributed by atoms with Crippen molar-refractivity contribution < 1.29 is 0 Å². The first-order valence-corrected chi connectivity index (χ1v) is 4.13. The molecule has 2 rings (SSSR count). The summed E-state index contributed by atoms with van der Waals surface area (Å²) in [7, 11) is 1.69. The van der Waals surface area contributed by atoms with Gasteiger partial charge in [0.05, 0.1) is 0 Å². The molecule has 0 atom stereocenters. The molecule has 0 N–H and O–H groups in total. The van der Waals surface area contributed by atoms with Crippen LogP contribution in [0, 0.1) is 0 Å². The molecule has 13 heavy (non-hydrogen) atoms. The molecule has 68 valence electrons. The molecule has 0 radical (unpaired) electrons. The fourth-order valence-corrected chi connectivity index (χ4v) is 1.16. The number of rotatable bonds is 1. The first-order chi connectivity index (χ1) is 6.22. The second kappa shape index (κ2) is 2.69. The summed E-state index contributed by atoms with van der Waals surface area (Å²) in [6.45, 7) is 1.96. The molecule has 0 saturated carbocycles. The van der Waals surface area contributed by atoms with Gasteiger partial charge in [0.2, 0.25) is 0 Å². The summed E-state index contributed by atoms with van der Waals surface area (Å²) in [5, 5.41) is 4.06. The van der Waals surface area contributed by atoms with Crippen molar-refractivity contribution in [1.82, 2.24) is 19.2 Å². The highest BCUT2D eigenvalue weighted by Crippen LogP contribution is 1.96. The van der Waals surface area contributed by atoms with E-state index in [2.05, 4.69) is 10.1 Å². The van der Waals surface area contributed by atoms with Crippen molar-refractivity contribution in [1.29, 1.82) is 0 Å². The number of hydrogen-bond donors (Lipinski definition) is 0. The number of nitrogens with zero attached hydrogens (tertiary/aromatic N) is 4. The number of aryl methyl sites for hydroxylation is 2. The van der Waals surface area contributed by atoms with Gasteiger partial charge in [-0.15, -0.1) is 5.10 Å². The van der Waals surface area contributed by atoms with E-state index in [0.717, 1.165) is 6.42 Å². The molecule has 0 aliphatic rings. The topological polar surface area (TPSA) is 52.2 Å².